The van der Waals surface area contributed by atoms with Crippen LogP contribution in [-0.2, 0) is 5.75 Å². The van der Waals surface area contributed by atoms with Crippen LogP contribution in [0.1, 0.15) is 5.82 Å². The number of hydrogen-bond donors (Lipinski definition) is 1. The first-order valence-corrected chi connectivity index (χ1v) is 7.60. The third-order valence-electron chi connectivity index (χ3n) is 2.99. The van der Waals surface area contributed by atoms with Crippen LogP contribution in [0.4, 0.5) is 10.1 Å². The van der Waals surface area contributed by atoms with Gasteiger partial charge in [-0.1, -0.05) is 11.6 Å². The third-order valence-corrected chi connectivity index (χ3v) is 4.29. The van der Waals surface area contributed by atoms with Crippen molar-refractivity contribution in [3.63, 3.8) is 0 Å². The molecule has 0 unspecified atom stereocenters. The number of nitrogens with zero attached hydrogens (tertiary/aromatic N) is 2. The molecule has 2 aromatic carbocycles. The topological polar surface area (TPSA) is 71.8 Å². The maximum absolute atomic E-state index is 13.1. The van der Waals surface area contributed by atoms with E-state index in [1.165, 1.54) is 30.0 Å². The number of benzene rings is 2. The summed E-state index contributed by atoms with van der Waals surface area (Å²) in [6.45, 7) is 0. The number of nitrogens with one attached hydrogen (secondary N) is 1. The number of H-pyrrole nitrogens is 1. The number of hydrogen-bond acceptors (Lipinski definition) is 4. The van der Waals surface area contributed by atoms with Crippen molar-refractivity contribution in [1.29, 1.82) is 0 Å². The Labute approximate surface area is 133 Å². The van der Waals surface area contributed by atoms with Crippen molar-refractivity contribution in [3.05, 3.63) is 63.2 Å². The van der Waals surface area contributed by atoms with Crippen LogP contribution in [0.2, 0.25) is 5.02 Å². The summed E-state index contributed by atoms with van der Waals surface area (Å²) >= 11 is 7.17. The van der Waals surface area contributed by atoms with Crippen LogP contribution in [0.5, 0.6) is 0 Å². The minimum Gasteiger partial charge on any atom is -0.341 e. The van der Waals surface area contributed by atoms with Crippen LogP contribution in [-0.4, -0.2) is 14.9 Å². The Morgan fingerprint density at radius 3 is 2.86 bits per heavy atom. The number of imidazole rings is 1. The number of thioether (sulfide) groups is 1. The molecule has 0 aliphatic carbocycles. The van der Waals surface area contributed by atoms with Crippen molar-refractivity contribution < 1.29 is 9.31 Å². The highest BCUT2D eigenvalue weighted by molar-refractivity contribution is 7.98. The second-order valence-electron chi connectivity index (χ2n) is 4.51. The largest absolute Gasteiger partial charge is 0.341 e. The van der Waals surface area contributed by atoms with Crippen LogP contribution < -0.4 is 0 Å². The van der Waals surface area contributed by atoms with Crippen LogP contribution in [0.15, 0.2) is 41.3 Å². The molecule has 1 heterocycles. The molecule has 0 saturated heterocycles. The summed E-state index contributed by atoms with van der Waals surface area (Å²) in [5, 5.41) is 10.8. The lowest BCUT2D eigenvalue weighted by Crippen LogP contribution is -1.86. The normalized spacial score (nSPS) is 11.0. The first-order chi connectivity index (χ1) is 10.5. The molecule has 112 valence electrons. The number of non-ortho nitro benzene ring substituents is 1. The standard InChI is InChI=1S/C14H9ClFN3O2S/c15-10-6-9(2-3-11(10)16)22-7-14-17-12-4-1-8(19(20)21)5-13(12)18-14/h1-6H,7H2,(H,17,18). The second kappa shape index (κ2) is 5.94. The van der Waals surface area contributed by atoms with E-state index in [0.29, 0.717) is 22.6 Å². The zero-order valence-electron chi connectivity index (χ0n) is 11.0. The molecule has 0 aliphatic heterocycles. The zero-order valence-corrected chi connectivity index (χ0v) is 12.6. The monoisotopic (exact) mass is 337 g/mol. The smallest absolute Gasteiger partial charge is 0.271 e. The van der Waals surface area contributed by atoms with E-state index in [1.54, 1.807) is 18.2 Å². The van der Waals surface area contributed by atoms with E-state index in [2.05, 4.69) is 9.97 Å². The number of aromatic amines is 1. The van der Waals surface area contributed by atoms with Gasteiger partial charge in [-0.3, -0.25) is 10.1 Å². The highest BCUT2D eigenvalue weighted by atomic mass is 35.5. The number of nitro groups is 1. The number of rotatable bonds is 4. The van der Waals surface area contributed by atoms with Crippen LogP contribution in [0.3, 0.4) is 0 Å². The average molecular weight is 338 g/mol. The Balaban J connectivity index is 1.79. The third kappa shape index (κ3) is 3.05. The van der Waals surface area contributed by atoms with E-state index in [4.69, 9.17) is 11.6 Å². The van der Waals surface area contributed by atoms with Gasteiger partial charge in [0.2, 0.25) is 0 Å². The van der Waals surface area contributed by atoms with E-state index < -0.39 is 10.7 Å². The van der Waals surface area contributed by atoms with E-state index in [1.807, 2.05) is 0 Å². The van der Waals surface area contributed by atoms with Gasteiger partial charge in [-0.2, -0.15) is 0 Å². The van der Waals surface area contributed by atoms with Gasteiger partial charge in [0.15, 0.2) is 0 Å². The fourth-order valence-electron chi connectivity index (χ4n) is 1.95. The van der Waals surface area contributed by atoms with Gasteiger partial charge in [-0.05, 0) is 24.3 Å². The molecule has 3 rings (SSSR count). The van der Waals surface area contributed by atoms with Crippen LogP contribution >= 0.6 is 23.4 Å². The van der Waals surface area contributed by atoms with E-state index in [0.717, 1.165) is 4.90 Å². The molecule has 0 atom stereocenters. The second-order valence-corrected chi connectivity index (χ2v) is 5.96. The molecule has 3 aromatic rings. The molecule has 0 spiro atoms. The minimum absolute atomic E-state index is 0.0145. The molecular formula is C14H9ClFN3O2S. The minimum atomic E-state index is -0.456. The SMILES string of the molecule is O=[N+]([O-])c1ccc2nc(CSc3ccc(F)c(Cl)c3)[nH]c2c1. The summed E-state index contributed by atoms with van der Waals surface area (Å²) in [7, 11) is 0. The van der Waals surface area contributed by atoms with E-state index >= 15 is 0 Å². The lowest BCUT2D eigenvalue weighted by Gasteiger charge is -2.00. The molecule has 5 nitrogen and oxygen atoms in total. The number of fused-ring (bicyclic) bond motifs is 1. The molecule has 0 aliphatic rings. The highest BCUT2D eigenvalue weighted by Crippen LogP contribution is 2.27. The summed E-state index contributed by atoms with van der Waals surface area (Å²) in [5.41, 5.74) is 1.29. The van der Waals surface area contributed by atoms with Gasteiger partial charge in [0.1, 0.15) is 11.6 Å². The number of halogens is 2. The molecule has 0 radical (unpaired) electrons. The van der Waals surface area contributed by atoms with Gasteiger partial charge < -0.3 is 4.98 Å². The molecule has 22 heavy (non-hydrogen) atoms. The summed E-state index contributed by atoms with van der Waals surface area (Å²) in [5.74, 6) is 0.743. The van der Waals surface area contributed by atoms with Crippen molar-refractivity contribution in [2.75, 3.05) is 0 Å². The summed E-state index contributed by atoms with van der Waals surface area (Å²) in [6, 6.07) is 8.97. The summed E-state index contributed by atoms with van der Waals surface area (Å²) in [6.07, 6.45) is 0. The Morgan fingerprint density at radius 2 is 2.14 bits per heavy atom. The predicted octanol–water partition coefficient (Wildman–Crippen LogP) is 4.56. The van der Waals surface area contributed by atoms with E-state index in [-0.39, 0.29) is 10.7 Å². The fraction of sp³-hybridized carbons (Fsp3) is 0.0714. The maximum atomic E-state index is 13.1. The Kier molecular flexibility index (Phi) is 4.00. The van der Waals surface area contributed by atoms with Crippen molar-refractivity contribution in [1.82, 2.24) is 9.97 Å². The van der Waals surface area contributed by atoms with Crippen molar-refractivity contribution >= 4 is 40.1 Å². The van der Waals surface area contributed by atoms with Gasteiger partial charge >= 0.3 is 0 Å². The van der Waals surface area contributed by atoms with Gasteiger partial charge in [-0.25, -0.2) is 9.37 Å². The van der Waals surface area contributed by atoms with Gasteiger partial charge in [0.25, 0.3) is 5.69 Å². The highest BCUT2D eigenvalue weighted by Gasteiger charge is 2.10. The van der Waals surface area contributed by atoms with Gasteiger partial charge in [0, 0.05) is 17.0 Å². The molecule has 0 bridgehead atoms. The van der Waals surface area contributed by atoms with Crippen LogP contribution in [0.25, 0.3) is 11.0 Å². The molecular weight excluding hydrogens is 329 g/mol. The molecule has 0 saturated carbocycles. The van der Waals surface area contributed by atoms with Crippen molar-refractivity contribution in [2.24, 2.45) is 0 Å². The number of aromatic nitrogens is 2. The first kappa shape index (κ1) is 14.8. The Morgan fingerprint density at radius 1 is 1.32 bits per heavy atom. The maximum Gasteiger partial charge on any atom is 0.271 e. The predicted molar refractivity (Wildman–Crippen MR) is 83.7 cm³/mol. The van der Waals surface area contributed by atoms with E-state index in [9.17, 15) is 14.5 Å². The van der Waals surface area contributed by atoms with Gasteiger partial charge in [-0.15, -0.1) is 11.8 Å². The fourth-order valence-corrected chi connectivity index (χ4v) is 3.00. The summed E-state index contributed by atoms with van der Waals surface area (Å²) < 4.78 is 13.1. The number of nitro benzene ring substituents is 1. The molecule has 1 aromatic heterocycles. The quantitative estimate of drug-likeness (QED) is 0.430. The van der Waals surface area contributed by atoms with Crippen LogP contribution in [0, 0.1) is 15.9 Å². The Bertz CT molecular complexity index is 868. The average Bonchev–Trinajstić information content (AvgIpc) is 2.90. The summed E-state index contributed by atoms with van der Waals surface area (Å²) in [4.78, 5) is 18.5. The molecule has 8 heteroatoms. The molecule has 0 amide bonds. The van der Waals surface area contributed by atoms with Crippen molar-refractivity contribution in [3.8, 4) is 0 Å². The first-order valence-electron chi connectivity index (χ1n) is 6.24. The Hall–Kier alpha value is -2.12. The lowest BCUT2D eigenvalue weighted by molar-refractivity contribution is -0.384. The zero-order chi connectivity index (χ0) is 15.7. The van der Waals surface area contributed by atoms with Gasteiger partial charge in [0.05, 0.1) is 26.7 Å². The molecule has 0 fully saturated rings. The lowest BCUT2D eigenvalue weighted by atomic mass is 10.3. The molecule has 1 N–H and O–H groups in total. The van der Waals surface area contributed by atoms with Crippen molar-refractivity contribution in [2.45, 2.75) is 10.6 Å².